The fourth-order valence-corrected chi connectivity index (χ4v) is 2.87. The lowest BCUT2D eigenvalue weighted by molar-refractivity contribution is -0.144. The molecule has 3 heterocycles. The van der Waals surface area contributed by atoms with Gasteiger partial charge in [-0.2, -0.15) is 0 Å². The van der Waals surface area contributed by atoms with Gasteiger partial charge in [-0.3, -0.25) is 14.6 Å². The number of aryl methyl sites for hydroxylation is 1. The topological polar surface area (TPSA) is 74.7 Å². The van der Waals surface area contributed by atoms with Crippen molar-refractivity contribution in [3.63, 3.8) is 0 Å². The third-order valence-electron chi connectivity index (χ3n) is 4.15. The first-order valence-corrected chi connectivity index (χ1v) is 7.32. The van der Waals surface area contributed by atoms with Crippen LogP contribution in [0.1, 0.15) is 17.4 Å². The molecule has 7 nitrogen and oxygen atoms in total. The Kier molecular flexibility index (Phi) is 4.26. The fraction of sp³-hybridized carbons (Fsp3) is 0.467. The van der Waals surface area contributed by atoms with E-state index in [4.69, 9.17) is 4.42 Å². The zero-order valence-corrected chi connectivity index (χ0v) is 12.6. The van der Waals surface area contributed by atoms with Crippen molar-refractivity contribution < 1.29 is 14.3 Å². The van der Waals surface area contributed by atoms with Gasteiger partial charge in [0.05, 0.1) is 19.1 Å². The predicted octanol–water partition coefficient (Wildman–Crippen LogP) is 0.957. The second-order valence-corrected chi connectivity index (χ2v) is 5.56. The molecule has 2 aromatic rings. The molecule has 0 amide bonds. The van der Waals surface area contributed by atoms with Gasteiger partial charge in [-0.1, -0.05) is 0 Å². The number of nitrogens with zero attached hydrogens (tertiary/aromatic N) is 4. The molecule has 7 heteroatoms. The van der Waals surface area contributed by atoms with Crippen molar-refractivity contribution in [2.24, 2.45) is 7.05 Å². The number of hydrogen-bond donors (Lipinski definition) is 1. The maximum absolute atomic E-state index is 11.6. The minimum Gasteiger partial charge on any atom is -0.480 e. The second kappa shape index (κ2) is 6.33. The Bertz CT molecular complexity index is 615. The molecule has 0 aromatic carbocycles. The minimum atomic E-state index is -0.834. The lowest BCUT2D eigenvalue weighted by Gasteiger charge is -2.37. The smallest absolute Gasteiger partial charge is 0.325 e. The number of hydrogen-bond acceptors (Lipinski definition) is 5. The van der Waals surface area contributed by atoms with Gasteiger partial charge in [-0.15, -0.1) is 0 Å². The third-order valence-corrected chi connectivity index (χ3v) is 4.15. The highest BCUT2D eigenvalue weighted by Crippen LogP contribution is 2.23. The Balaban J connectivity index is 1.61. The molecule has 22 heavy (non-hydrogen) atoms. The van der Waals surface area contributed by atoms with Crippen LogP contribution in [0.3, 0.4) is 0 Å². The molecule has 0 aliphatic carbocycles. The van der Waals surface area contributed by atoms with Gasteiger partial charge in [-0.05, 0) is 6.07 Å². The summed E-state index contributed by atoms with van der Waals surface area (Å²) < 4.78 is 7.04. The summed E-state index contributed by atoms with van der Waals surface area (Å²) in [5.41, 5.74) is 0.699. The van der Waals surface area contributed by atoms with Crippen molar-refractivity contribution in [3.05, 3.63) is 42.4 Å². The van der Waals surface area contributed by atoms with Gasteiger partial charge in [0.2, 0.25) is 0 Å². The predicted molar refractivity (Wildman–Crippen MR) is 79.1 cm³/mol. The van der Waals surface area contributed by atoms with Gasteiger partial charge in [0.1, 0.15) is 11.9 Å². The Morgan fingerprint density at radius 3 is 2.73 bits per heavy atom. The Morgan fingerprint density at radius 2 is 2.18 bits per heavy atom. The number of carbonyl (C=O) groups is 1. The Hall–Kier alpha value is -2.12. The van der Waals surface area contributed by atoms with Gasteiger partial charge in [-0.25, -0.2) is 4.98 Å². The molecule has 0 bridgehead atoms. The maximum atomic E-state index is 11.6. The van der Waals surface area contributed by atoms with Crippen molar-refractivity contribution >= 4 is 5.97 Å². The molecule has 1 aliphatic rings. The first kappa shape index (κ1) is 14.8. The van der Waals surface area contributed by atoms with Crippen LogP contribution >= 0.6 is 0 Å². The largest absolute Gasteiger partial charge is 0.480 e. The van der Waals surface area contributed by atoms with Crippen LogP contribution in [-0.2, 0) is 18.4 Å². The number of carboxylic acids is 1. The average molecular weight is 304 g/mol. The molecule has 1 aliphatic heterocycles. The molecule has 1 unspecified atom stereocenters. The second-order valence-electron chi connectivity index (χ2n) is 5.56. The minimum absolute atomic E-state index is 0.630. The van der Waals surface area contributed by atoms with Crippen LogP contribution in [0.4, 0.5) is 0 Å². The van der Waals surface area contributed by atoms with E-state index in [2.05, 4.69) is 9.88 Å². The fourth-order valence-electron chi connectivity index (χ4n) is 2.87. The normalized spacial score (nSPS) is 18.4. The zero-order chi connectivity index (χ0) is 15.5. The number of aliphatic carboxylic acids is 1. The summed E-state index contributed by atoms with van der Waals surface area (Å²) in [6, 6.07) is 1.09. The van der Waals surface area contributed by atoms with Crippen molar-refractivity contribution in [3.8, 4) is 0 Å². The van der Waals surface area contributed by atoms with E-state index < -0.39 is 12.0 Å². The standard InChI is InChI=1S/C15H20N4O3/c1-17-4-3-16-13(17)10-18-5-7-19(8-6-18)14(15(20)21)12-2-9-22-11-12/h2-4,9,11,14H,5-8,10H2,1H3,(H,20,21). The number of aromatic nitrogens is 2. The van der Waals surface area contributed by atoms with Crippen molar-refractivity contribution in [1.82, 2.24) is 19.4 Å². The molecule has 2 aromatic heterocycles. The van der Waals surface area contributed by atoms with Gasteiger partial charge in [0.25, 0.3) is 0 Å². The van der Waals surface area contributed by atoms with Crippen LogP contribution in [-0.4, -0.2) is 56.6 Å². The molecule has 3 rings (SSSR count). The molecular weight excluding hydrogens is 284 g/mol. The monoisotopic (exact) mass is 304 g/mol. The number of carboxylic acid groups (broad SMARTS) is 1. The number of furan rings is 1. The summed E-state index contributed by atoms with van der Waals surface area (Å²) in [5.74, 6) is 0.192. The number of piperazine rings is 1. The Labute approximate surface area is 128 Å². The SMILES string of the molecule is Cn1ccnc1CN1CCN(C(C(=O)O)c2ccoc2)CC1. The van der Waals surface area contributed by atoms with Gasteiger partial charge in [0.15, 0.2) is 0 Å². The quantitative estimate of drug-likeness (QED) is 0.887. The van der Waals surface area contributed by atoms with Crippen LogP contribution in [0, 0.1) is 0 Å². The summed E-state index contributed by atoms with van der Waals surface area (Å²) in [6.45, 7) is 3.88. The molecule has 0 radical (unpaired) electrons. The third kappa shape index (κ3) is 3.05. The van der Waals surface area contributed by atoms with E-state index in [1.54, 1.807) is 12.3 Å². The van der Waals surface area contributed by atoms with E-state index in [1.807, 2.05) is 22.7 Å². The highest BCUT2D eigenvalue weighted by molar-refractivity contribution is 5.75. The molecule has 1 fully saturated rings. The number of imidazole rings is 1. The molecule has 118 valence electrons. The van der Waals surface area contributed by atoms with Gasteiger partial charge < -0.3 is 14.1 Å². The Morgan fingerprint density at radius 1 is 1.41 bits per heavy atom. The van der Waals surface area contributed by atoms with Crippen LogP contribution < -0.4 is 0 Å². The van der Waals surface area contributed by atoms with E-state index in [0.717, 1.165) is 25.5 Å². The van der Waals surface area contributed by atoms with Crippen LogP contribution in [0.2, 0.25) is 0 Å². The van der Waals surface area contributed by atoms with E-state index >= 15 is 0 Å². The lowest BCUT2D eigenvalue weighted by Crippen LogP contribution is -2.49. The summed E-state index contributed by atoms with van der Waals surface area (Å²) in [5, 5.41) is 9.50. The average Bonchev–Trinajstić information content (AvgIpc) is 3.14. The number of rotatable bonds is 5. The maximum Gasteiger partial charge on any atom is 0.325 e. The lowest BCUT2D eigenvalue weighted by atomic mass is 10.1. The summed E-state index contributed by atoms with van der Waals surface area (Å²) >= 11 is 0. The summed E-state index contributed by atoms with van der Waals surface area (Å²) in [6.07, 6.45) is 6.76. The molecule has 1 atom stereocenters. The van der Waals surface area contributed by atoms with Gasteiger partial charge >= 0.3 is 5.97 Å². The van der Waals surface area contributed by atoms with Crippen molar-refractivity contribution in [2.45, 2.75) is 12.6 Å². The van der Waals surface area contributed by atoms with Crippen molar-refractivity contribution in [2.75, 3.05) is 26.2 Å². The van der Waals surface area contributed by atoms with E-state index in [1.165, 1.54) is 12.5 Å². The van der Waals surface area contributed by atoms with E-state index in [0.29, 0.717) is 18.7 Å². The van der Waals surface area contributed by atoms with Gasteiger partial charge in [0, 0.05) is 51.2 Å². The van der Waals surface area contributed by atoms with Crippen molar-refractivity contribution in [1.29, 1.82) is 0 Å². The van der Waals surface area contributed by atoms with Crippen LogP contribution in [0.5, 0.6) is 0 Å². The van der Waals surface area contributed by atoms with E-state index in [-0.39, 0.29) is 0 Å². The van der Waals surface area contributed by atoms with Crippen LogP contribution in [0.25, 0.3) is 0 Å². The highest BCUT2D eigenvalue weighted by Gasteiger charge is 2.31. The molecular formula is C15H20N4O3. The first-order valence-electron chi connectivity index (χ1n) is 7.32. The van der Waals surface area contributed by atoms with E-state index in [9.17, 15) is 9.90 Å². The molecule has 0 saturated carbocycles. The summed E-state index contributed by atoms with van der Waals surface area (Å²) in [4.78, 5) is 20.2. The molecule has 1 N–H and O–H groups in total. The van der Waals surface area contributed by atoms with Crippen LogP contribution in [0.15, 0.2) is 35.4 Å². The zero-order valence-electron chi connectivity index (χ0n) is 12.6. The molecule has 0 spiro atoms. The first-order chi connectivity index (χ1) is 10.6. The molecule has 1 saturated heterocycles. The highest BCUT2D eigenvalue weighted by atomic mass is 16.4. The summed E-state index contributed by atoms with van der Waals surface area (Å²) in [7, 11) is 1.98.